The molecule has 1 fully saturated rings. The molecule has 0 aromatic rings. The summed E-state index contributed by atoms with van der Waals surface area (Å²) in [6.07, 6.45) is 14.2. The Bertz CT molecular complexity index is 117. The molecule has 1 N–H and O–H groups in total. The van der Waals surface area contributed by atoms with E-state index < -0.39 is 0 Å². The Kier molecular flexibility index (Phi) is 17.8. The predicted molar refractivity (Wildman–Crippen MR) is 82.5 cm³/mol. The molecule has 2 nitrogen and oxygen atoms in total. The molecule has 3 heteroatoms. The molecule has 0 aliphatic carbocycles. The lowest BCUT2D eigenvalue weighted by Crippen LogP contribution is -2.03. The summed E-state index contributed by atoms with van der Waals surface area (Å²) < 4.78 is 5.07. The highest BCUT2D eigenvalue weighted by molar-refractivity contribution is 9.09. The number of aliphatic hydroxyl groups is 1. The van der Waals surface area contributed by atoms with Crippen molar-refractivity contribution in [2.75, 3.05) is 25.2 Å². The number of aliphatic hydroxyl groups excluding tert-OH is 1. The van der Waals surface area contributed by atoms with Crippen LogP contribution in [0.15, 0.2) is 0 Å². The molecule has 0 aromatic heterocycles. The molecule has 0 atom stereocenters. The highest BCUT2D eigenvalue weighted by Crippen LogP contribution is 2.08. The fourth-order valence-corrected chi connectivity index (χ4v) is 2.35. The van der Waals surface area contributed by atoms with E-state index in [1.54, 1.807) is 0 Å². The third kappa shape index (κ3) is 16.4. The van der Waals surface area contributed by atoms with Gasteiger partial charge in [0.2, 0.25) is 0 Å². The molecule has 18 heavy (non-hydrogen) atoms. The summed E-state index contributed by atoms with van der Waals surface area (Å²) in [5, 5.41) is 9.68. The van der Waals surface area contributed by atoms with Crippen LogP contribution in [0.2, 0.25) is 0 Å². The van der Waals surface area contributed by atoms with Gasteiger partial charge in [0, 0.05) is 25.2 Å². The van der Waals surface area contributed by atoms with Crippen molar-refractivity contribution in [3.8, 4) is 0 Å². The zero-order chi connectivity index (χ0) is 13.3. The van der Waals surface area contributed by atoms with Crippen molar-refractivity contribution in [3.05, 3.63) is 0 Å². The first-order valence-corrected chi connectivity index (χ1v) is 8.78. The molecule has 0 spiro atoms. The van der Waals surface area contributed by atoms with Gasteiger partial charge in [-0.3, -0.25) is 0 Å². The van der Waals surface area contributed by atoms with Crippen LogP contribution in [-0.2, 0) is 4.74 Å². The van der Waals surface area contributed by atoms with Crippen molar-refractivity contribution in [2.45, 2.75) is 70.6 Å². The Morgan fingerprint density at radius 2 is 1.22 bits per heavy atom. The summed E-state index contributed by atoms with van der Waals surface area (Å²) in [7, 11) is 0. The van der Waals surface area contributed by atoms with Crippen molar-refractivity contribution in [2.24, 2.45) is 0 Å². The van der Waals surface area contributed by atoms with E-state index in [4.69, 9.17) is 9.84 Å². The van der Waals surface area contributed by atoms with E-state index >= 15 is 0 Å². The lowest BCUT2D eigenvalue weighted by atomic mass is 10.1. The van der Waals surface area contributed by atoms with Crippen LogP contribution in [0.25, 0.3) is 0 Å². The van der Waals surface area contributed by atoms with Gasteiger partial charge in [0.15, 0.2) is 0 Å². The Balaban J connectivity index is 0.000000397. The van der Waals surface area contributed by atoms with Crippen molar-refractivity contribution < 1.29 is 9.84 Å². The summed E-state index contributed by atoms with van der Waals surface area (Å²) in [6.45, 7) is 2.36. The Morgan fingerprint density at radius 3 is 1.56 bits per heavy atom. The van der Waals surface area contributed by atoms with Gasteiger partial charge in [-0.05, 0) is 32.1 Å². The molecule has 0 bridgehead atoms. The van der Waals surface area contributed by atoms with Gasteiger partial charge < -0.3 is 9.84 Å². The first-order chi connectivity index (χ1) is 8.91. The molecule has 0 amide bonds. The van der Waals surface area contributed by atoms with E-state index in [-0.39, 0.29) is 0 Å². The van der Waals surface area contributed by atoms with E-state index in [0.717, 1.165) is 25.0 Å². The number of unbranched alkanes of at least 4 members (excludes halogenated alkanes) is 7. The van der Waals surface area contributed by atoms with E-state index in [1.165, 1.54) is 64.2 Å². The minimum atomic E-state index is 0.365. The molecule has 0 saturated carbocycles. The average Bonchev–Trinajstić information content (AvgIpc) is 2.44. The second kappa shape index (κ2) is 17.4. The molecule has 1 heterocycles. The summed E-state index contributed by atoms with van der Waals surface area (Å²) in [5.41, 5.74) is 0. The SMILES string of the molecule is C1CCOCC1.OCCCCCCCCCCBr. The third-order valence-corrected chi connectivity index (χ3v) is 3.68. The van der Waals surface area contributed by atoms with E-state index in [1.807, 2.05) is 0 Å². The van der Waals surface area contributed by atoms with Crippen LogP contribution in [-0.4, -0.2) is 30.3 Å². The maximum Gasteiger partial charge on any atom is 0.0466 e. The molecular weight excluding hydrogens is 292 g/mol. The Labute approximate surface area is 122 Å². The molecule has 0 unspecified atom stereocenters. The van der Waals surface area contributed by atoms with Crippen LogP contribution in [0.5, 0.6) is 0 Å². The minimum absolute atomic E-state index is 0.365. The van der Waals surface area contributed by atoms with Gasteiger partial charge in [-0.2, -0.15) is 0 Å². The number of ether oxygens (including phenoxy) is 1. The number of rotatable bonds is 9. The summed E-state index contributed by atoms with van der Waals surface area (Å²) in [4.78, 5) is 0. The van der Waals surface area contributed by atoms with Gasteiger partial charge >= 0.3 is 0 Å². The van der Waals surface area contributed by atoms with Crippen LogP contribution in [0.4, 0.5) is 0 Å². The van der Waals surface area contributed by atoms with Crippen molar-refractivity contribution in [3.63, 3.8) is 0 Å². The van der Waals surface area contributed by atoms with Gasteiger partial charge in [0.25, 0.3) is 0 Å². The monoisotopic (exact) mass is 322 g/mol. The van der Waals surface area contributed by atoms with E-state index in [2.05, 4.69) is 15.9 Å². The van der Waals surface area contributed by atoms with Crippen LogP contribution in [0, 0.1) is 0 Å². The van der Waals surface area contributed by atoms with E-state index in [0.29, 0.717) is 6.61 Å². The zero-order valence-electron chi connectivity index (χ0n) is 11.8. The normalized spacial score (nSPS) is 15.0. The lowest BCUT2D eigenvalue weighted by molar-refractivity contribution is 0.0968. The largest absolute Gasteiger partial charge is 0.396 e. The summed E-state index contributed by atoms with van der Waals surface area (Å²) in [5.74, 6) is 0. The topological polar surface area (TPSA) is 29.5 Å². The first kappa shape index (κ1) is 18.4. The molecule has 1 saturated heterocycles. The maximum absolute atomic E-state index is 8.53. The lowest BCUT2D eigenvalue weighted by Gasteiger charge is -2.08. The number of halogens is 1. The minimum Gasteiger partial charge on any atom is -0.396 e. The van der Waals surface area contributed by atoms with Crippen molar-refractivity contribution in [1.82, 2.24) is 0 Å². The van der Waals surface area contributed by atoms with E-state index in [9.17, 15) is 0 Å². The highest BCUT2D eigenvalue weighted by Gasteiger charge is 1.95. The molecular formula is C15H31BrO2. The van der Waals surface area contributed by atoms with Crippen LogP contribution in [0.1, 0.15) is 70.6 Å². The Morgan fingerprint density at radius 1 is 0.722 bits per heavy atom. The number of hydrogen-bond acceptors (Lipinski definition) is 2. The van der Waals surface area contributed by atoms with Gasteiger partial charge in [-0.25, -0.2) is 0 Å². The second-order valence-electron chi connectivity index (χ2n) is 4.91. The summed E-state index contributed by atoms with van der Waals surface area (Å²) in [6, 6.07) is 0. The van der Waals surface area contributed by atoms with Gasteiger partial charge in [0.05, 0.1) is 0 Å². The van der Waals surface area contributed by atoms with Crippen LogP contribution >= 0.6 is 15.9 Å². The van der Waals surface area contributed by atoms with Crippen molar-refractivity contribution >= 4 is 15.9 Å². The Hall–Kier alpha value is 0.400. The van der Waals surface area contributed by atoms with Gasteiger partial charge in [-0.1, -0.05) is 54.5 Å². The number of hydrogen-bond donors (Lipinski definition) is 1. The average molecular weight is 323 g/mol. The molecule has 1 aliphatic heterocycles. The van der Waals surface area contributed by atoms with Crippen LogP contribution in [0.3, 0.4) is 0 Å². The third-order valence-electron chi connectivity index (χ3n) is 3.12. The quantitative estimate of drug-likeness (QED) is 0.493. The number of alkyl halides is 1. The first-order valence-electron chi connectivity index (χ1n) is 7.66. The van der Waals surface area contributed by atoms with Crippen molar-refractivity contribution in [1.29, 1.82) is 0 Å². The fourth-order valence-electron chi connectivity index (χ4n) is 1.95. The standard InChI is InChI=1S/C10H21BrO.C5H10O/c11-9-7-5-3-1-2-4-6-8-10-12;1-2-4-6-5-3-1/h12H,1-10H2;1-5H2. The molecule has 0 radical (unpaired) electrons. The predicted octanol–water partition coefficient (Wildman–Crippen LogP) is 4.68. The molecule has 1 aliphatic rings. The van der Waals surface area contributed by atoms with Crippen LogP contribution < -0.4 is 0 Å². The second-order valence-corrected chi connectivity index (χ2v) is 5.71. The highest BCUT2D eigenvalue weighted by atomic mass is 79.9. The van der Waals surface area contributed by atoms with Gasteiger partial charge in [-0.15, -0.1) is 0 Å². The fraction of sp³-hybridized carbons (Fsp3) is 1.00. The molecule has 1 rings (SSSR count). The molecule has 110 valence electrons. The smallest absolute Gasteiger partial charge is 0.0466 e. The zero-order valence-corrected chi connectivity index (χ0v) is 13.4. The maximum atomic E-state index is 8.53. The molecule has 0 aromatic carbocycles. The van der Waals surface area contributed by atoms with Gasteiger partial charge in [0.1, 0.15) is 0 Å². The summed E-state index contributed by atoms with van der Waals surface area (Å²) >= 11 is 3.42.